The number of aryl methyl sites for hydroxylation is 2. The number of esters is 1. The Morgan fingerprint density at radius 2 is 1.79 bits per heavy atom. The molecule has 0 saturated carbocycles. The first-order valence-corrected chi connectivity index (χ1v) is 7.48. The Balaban J connectivity index is 2.08. The van der Waals surface area contributed by atoms with Gasteiger partial charge in [0.25, 0.3) is 0 Å². The van der Waals surface area contributed by atoms with E-state index in [-0.39, 0.29) is 12.3 Å². The molecule has 5 nitrogen and oxygen atoms in total. The molecule has 126 valence electrons. The molecule has 0 radical (unpaired) electrons. The van der Waals surface area contributed by atoms with Crippen molar-refractivity contribution in [2.45, 2.75) is 20.5 Å². The molecule has 0 atom stereocenters. The van der Waals surface area contributed by atoms with Crippen LogP contribution in [0.15, 0.2) is 54.7 Å². The van der Waals surface area contributed by atoms with E-state index in [2.05, 4.69) is 23.0 Å². The van der Waals surface area contributed by atoms with Crippen LogP contribution in [0.25, 0.3) is 0 Å². The first kappa shape index (κ1) is 17.6. The van der Waals surface area contributed by atoms with Crippen LogP contribution in [0.3, 0.4) is 0 Å². The summed E-state index contributed by atoms with van der Waals surface area (Å²) < 4.78 is 11.2. The van der Waals surface area contributed by atoms with Gasteiger partial charge in [0.15, 0.2) is 0 Å². The third kappa shape index (κ3) is 4.86. The molecule has 2 aromatic rings. The number of hydroxylamine groups is 1. The van der Waals surface area contributed by atoms with E-state index >= 15 is 0 Å². The Kier molecular flexibility index (Phi) is 5.98. The second-order valence-corrected chi connectivity index (χ2v) is 5.39. The summed E-state index contributed by atoms with van der Waals surface area (Å²) in [6.07, 6.45) is 0. The number of carbonyl (C=O) groups is 1. The van der Waals surface area contributed by atoms with Crippen molar-refractivity contribution in [1.29, 1.82) is 0 Å². The minimum atomic E-state index is -0.615. The number of rotatable bonds is 7. The van der Waals surface area contributed by atoms with Gasteiger partial charge in [-0.2, -0.15) is 0 Å². The number of nitrogens with one attached hydrogen (secondary N) is 1. The monoisotopic (exact) mass is 327 g/mol. The molecule has 0 spiro atoms. The zero-order valence-corrected chi connectivity index (χ0v) is 14.1. The molecular formula is C19H21NO4. The lowest BCUT2D eigenvalue weighted by atomic mass is 10.1. The van der Waals surface area contributed by atoms with E-state index < -0.39 is 5.97 Å². The van der Waals surface area contributed by atoms with Crippen LogP contribution in [-0.4, -0.2) is 13.1 Å². The smallest absolute Gasteiger partial charge is 0.361 e. The normalized spacial score (nSPS) is 10.1. The Bertz CT molecular complexity index is 720. The molecule has 0 unspecified atom stereocenters. The van der Waals surface area contributed by atoms with Gasteiger partial charge in [0, 0.05) is 5.56 Å². The number of hydrogen-bond acceptors (Lipinski definition) is 5. The maximum Gasteiger partial charge on any atom is 0.361 e. The van der Waals surface area contributed by atoms with E-state index in [1.54, 1.807) is 12.1 Å². The molecule has 24 heavy (non-hydrogen) atoms. The summed E-state index contributed by atoms with van der Waals surface area (Å²) >= 11 is 0. The number of carbonyl (C=O) groups excluding carboxylic acids is 1. The molecule has 0 heterocycles. The van der Waals surface area contributed by atoms with Gasteiger partial charge < -0.3 is 9.47 Å². The molecule has 0 amide bonds. The fourth-order valence-corrected chi connectivity index (χ4v) is 2.23. The summed E-state index contributed by atoms with van der Waals surface area (Å²) in [7, 11) is 1.39. The van der Waals surface area contributed by atoms with Gasteiger partial charge in [-0.05, 0) is 43.2 Å². The van der Waals surface area contributed by atoms with E-state index in [1.807, 2.05) is 38.1 Å². The first-order valence-electron chi connectivity index (χ1n) is 7.48. The molecule has 0 aromatic heterocycles. The average molecular weight is 327 g/mol. The Morgan fingerprint density at radius 1 is 1.12 bits per heavy atom. The summed E-state index contributed by atoms with van der Waals surface area (Å²) in [5.41, 5.74) is 5.39. The van der Waals surface area contributed by atoms with E-state index in [0.29, 0.717) is 5.75 Å². The highest BCUT2D eigenvalue weighted by molar-refractivity contribution is 5.88. The van der Waals surface area contributed by atoms with E-state index in [4.69, 9.17) is 9.47 Å². The highest BCUT2D eigenvalue weighted by atomic mass is 16.6. The van der Waals surface area contributed by atoms with E-state index in [9.17, 15) is 4.79 Å². The number of benzene rings is 2. The largest absolute Gasteiger partial charge is 0.489 e. The second-order valence-electron chi connectivity index (χ2n) is 5.39. The van der Waals surface area contributed by atoms with Crippen LogP contribution < -0.4 is 15.0 Å². The lowest BCUT2D eigenvalue weighted by Gasteiger charge is -2.13. The maximum atomic E-state index is 11.9. The quantitative estimate of drug-likeness (QED) is 0.365. The van der Waals surface area contributed by atoms with Crippen LogP contribution in [0.1, 0.15) is 16.7 Å². The van der Waals surface area contributed by atoms with Crippen molar-refractivity contribution in [3.63, 3.8) is 0 Å². The fraction of sp³-hybridized carbons (Fsp3) is 0.211. The zero-order chi connectivity index (χ0) is 17.5. The molecule has 0 aliphatic heterocycles. The van der Waals surface area contributed by atoms with Crippen LogP contribution in [-0.2, 0) is 16.2 Å². The summed E-state index contributed by atoms with van der Waals surface area (Å²) in [5, 5.41) is 0. The molecule has 0 fully saturated rings. The van der Waals surface area contributed by atoms with Gasteiger partial charge in [0.05, 0.1) is 7.11 Å². The van der Waals surface area contributed by atoms with Gasteiger partial charge in [0.1, 0.15) is 23.8 Å². The van der Waals surface area contributed by atoms with E-state index in [1.165, 1.54) is 7.11 Å². The van der Waals surface area contributed by atoms with E-state index in [0.717, 1.165) is 22.4 Å². The van der Waals surface area contributed by atoms with Crippen LogP contribution >= 0.6 is 0 Å². The fourth-order valence-electron chi connectivity index (χ4n) is 2.23. The third-order valence-electron chi connectivity index (χ3n) is 3.24. The third-order valence-corrected chi connectivity index (χ3v) is 3.24. The molecule has 2 aromatic carbocycles. The van der Waals surface area contributed by atoms with Crippen molar-refractivity contribution >= 4 is 5.97 Å². The minimum Gasteiger partial charge on any atom is -0.489 e. The molecule has 0 bridgehead atoms. The number of hydrogen-bond donors (Lipinski definition) is 1. The van der Waals surface area contributed by atoms with Crippen LogP contribution in [0.2, 0.25) is 0 Å². The van der Waals surface area contributed by atoms with Gasteiger partial charge in [-0.25, -0.2) is 4.79 Å². The summed E-state index contributed by atoms with van der Waals surface area (Å²) in [5.74, 6) is 0.584. The maximum absolute atomic E-state index is 11.9. The van der Waals surface area contributed by atoms with Crippen molar-refractivity contribution in [2.24, 2.45) is 0 Å². The minimum absolute atomic E-state index is 0.0162. The van der Waals surface area contributed by atoms with Crippen molar-refractivity contribution < 1.29 is 19.1 Å². The van der Waals surface area contributed by atoms with Crippen molar-refractivity contribution in [3.8, 4) is 11.5 Å². The highest BCUT2D eigenvalue weighted by Gasteiger charge is 2.13. The van der Waals surface area contributed by atoms with Gasteiger partial charge in [-0.3, -0.25) is 10.3 Å². The SMILES string of the molecule is C=C(NOC)C(=O)Oc1ccccc1COc1cc(C)cc(C)c1. The second kappa shape index (κ2) is 8.17. The average Bonchev–Trinajstić information content (AvgIpc) is 2.53. The summed E-state index contributed by atoms with van der Waals surface area (Å²) in [6, 6.07) is 13.2. The standard InChI is InChI=1S/C19H21NO4/c1-13-9-14(2)11-17(10-13)23-12-16-7-5-6-8-18(16)24-19(21)15(3)20-22-4/h5-11,20H,3,12H2,1-2,4H3. The van der Waals surface area contributed by atoms with Crippen LogP contribution in [0.5, 0.6) is 11.5 Å². The molecule has 2 rings (SSSR count). The topological polar surface area (TPSA) is 56.8 Å². The lowest BCUT2D eigenvalue weighted by Crippen LogP contribution is -2.22. The predicted molar refractivity (Wildman–Crippen MR) is 91.6 cm³/mol. The summed E-state index contributed by atoms with van der Waals surface area (Å²) in [4.78, 5) is 16.6. The Morgan fingerprint density at radius 3 is 2.46 bits per heavy atom. The molecule has 0 aliphatic carbocycles. The molecule has 1 N–H and O–H groups in total. The Labute approximate surface area is 141 Å². The van der Waals surface area contributed by atoms with Crippen LogP contribution in [0, 0.1) is 13.8 Å². The predicted octanol–water partition coefficient (Wildman–Crippen LogP) is 3.45. The summed E-state index contributed by atoms with van der Waals surface area (Å²) in [6.45, 7) is 7.87. The number of para-hydroxylation sites is 1. The zero-order valence-electron chi connectivity index (χ0n) is 14.1. The molecule has 0 aliphatic rings. The van der Waals surface area contributed by atoms with Gasteiger partial charge >= 0.3 is 5.97 Å². The van der Waals surface area contributed by atoms with Gasteiger partial charge in [-0.1, -0.05) is 30.8 Å². The van der Waals surface area contributed by atoms with Gasteiger partial charge in [0.2, 0.25) is 0 Å². The highest BCUT2D eigenvalue weighted by Crippen LogP contribution is 2.22. The molecule has 0 saturated heterocycles. The van der Waals surface area contributed by atoms with Crippen molar-refractivity contribution in [3.05, 3.63) is 71.4 Å². The van der Waals surface area contributed by atoms with Gasteiger partial charge in [-0.15, -0.1) is 0 Å². The number of ether oxygens (including phenoxy) is 2. The van der Waals surface area contributed by atoms with Crippen LogP contribution in [0.4, 0.5) is 0 Å². The Hall–Kier alpha value is -2.79. The first-order chi connectivity index (χ1) is 11.5. The van der Waals surface area contributed by atoms with Crippen molar-refractivity contribution in [1.82, 2.24) is 5.48 Å². The molecular weight excluding hydrogens is 306 g/mol. The lowest BCUT2D eigenvalue weighted by molar-refractivity contribution is -0.131. The van der Waals surface area contributed by atoms with Crippen molar-refractivity contribution in [2.75, 3.05) is 7.11 Å². The molecule has 5 heteroatoms.